The number of piperidine rings is 1. The van der Waals surface area contributed by atoms with Gasteiger partial charge in [-0.05, 0) is 25.0 Å². The van der Waals surface area contributed by atoms with Gasteiger partial charge in [0, 0.05) is 19.0 Å². The molecule has 7 heteroatoms. The van der Waals surface area contributed by atoms with Crippen molar-refractivity contribution in [3.63, 3.8) is 0 Å². The summed E-state index contributed by atoms with van der Waals surface area (Å²) >= 11 is 1.22. The van der Waals surface area contributed by atoms with Crippen molar-refractivity contribution in [1.82, 2.24) is 4.90 Å². The van der Waals surface area contributed by atoms with Crippen molar-refractivity contribution >= 4 is 30.1 Å². The van der Waals surface area contributed by atoms with Crippen molar-refractivity contribution in [3.05, 3.63) is 23.8 Å². The lowest BCUT2D eigenvalue weighted by Gasteiger charge is -2.30. The summed E-state index contributed by atoms with van der Waals surface area (Å²) in [5, 5.41) is 0. The first-order valence-electron chi connectivity index (χ1n) is 6.99. The standard InChI is InChI=1S/C14H18N4O2S/c15-14-13-11(16-21-17-14)4-1-5-12(13)20-8-10-3-2-6-18(7-10)9-19/h1,4-5,9-10,16H,2-3,6-8H2,(H2,15,17). The van der Waals surface area contributed by atoms with Crippen LogP contribution in [0.15, 0.2) is 22.6 Å². The summed E-state index contributed by atoms with van der Waals surface area (Å²) in [6.45, 7) is 2.19. The highest BCUT2D eigenvalue weighted by molar-refractivity contribution is 7.99. The molecule has 2 aliphatic rings. The molecule has 0 aromatic heterocycles. The zero-order valence-electron chi connectivity index (χ0n) is 11.6. The molecule has 3 N–H and O–H groups in total. The minimum atomic E-state index is 0.365. The van der Waals surface area contributed by atoms with Crippen molar-refractivity contribution in [1.29, 1.82) is 0 Å². The summed E-state index contributed by atoms with van der Waals surface area (Å²) in [6, 6.07) is 5.78. The number of ether oxygens (including phenoxy) is 1. The number of rotatable bonds is 4. The average Bonchev–Trinajstić information content (AvgIpc) is 2.53. The Labute approximate surface area is 128 Å². The molecular formula is C14H18N4O2S. The second-order valence-corrected chi connectivity index (χ2v) is 5.84. The molecule has 0 aliphatic carbocycles. The van der Waals surface area contributed by atoms with Crippen LogP contribution in [0.2, 0.25) is 0 Å². The Balaban J connectivity index is 1.69. The molecule has 2 heterocycles. The van der Waals surface area contributed by atoms with Crippen LogP contribution in [0.1, 0.15) is 18.4 Å². The van der Waals surface area contributed by atoms with E-state index in [-0.39, 0.29) is 0 Å². The van der Waals surface area contributed by atoms with Crippen LogP contribution in [0.4, 0.5) is 5.69 Å². The third kappa shape index (κ3) is 3.07. The number of nitrogens with one attached hydrogen (secondary N) is 1. The monoisotopic (exact) mass is 306 g/mol. The fourth-order valence-corrected chi connectivity index (χ4v) is 3.21. The van der Waals surface area contributed by atoms with Gasteiger partial charge in [0.2, 0.25) is 6.41 Å². The summed E-state index contributed by atoms with van der Waals surface area (Å²) in [5.41, 5.74) is 7.69. The molecule has 0 radical (unpaired) electrons. The predicted molar refractivity (Wildman–Crippen MR) is 84.2 cm³/mol. The number of anilines is 1. The van der Waals surface area contributed by atoms with Crippen LogP contribution in [-0.2, 0) is 4.79 Å². The van der Waals surface area contributed by atoms with Gasteiger partial charge in [-0.1, -0.05) is 6.07 Å². The molecule has 1 aromatic carbocycles. The third-order valence-electron chi connectivity index (χ3n) is 3.76. The van der Waals surface area contributed by atoms with Gasteiger partial charge in [0.15, 0.2) is 0 Å². The van der Waals surface area contributed by atoms with E-state index in [1.165, 1.54) is 12.1 Å². The van der Waals surface area contributed by atoms with Crippen molar-refractivity contribution in [2.24, 2.45) is 16.0 Å². The lowest BCUT2D eigenvalue weighted by Crippen LogP contribution is -2.36. The molecule has 1 unspecified atom stereocenters. The van der Waals surface area contributed by atoms with E-state index in [4.69, 9.17) is 10.5 Å². The third-order valence-corrected chi connectivity index (χ3v) is 4.36. The number of carbonyl (C=O) groups excluding carboxylic acids is 1. The summed E-state index contributed by atoms with van der Waals surface area (Å²) in [6.07, 6.45) is 3.03. The van der Waals surface area contributed by atoms with E-state index in [1.807, 2.05) is 23.1 Å². The number of fused-ring (bicyclic) bond motifs is 1. The number of nitrogens with two attached hydrogens (primary N) is 1. The first kappa shape index (κ1) is 14.1. The van der Waals surface area contributed by atoms with Crippen molar-refractivity contribution in [2.45, 2.75) is 12.8 Å². The first-order valence-corrected chi connectivity index (χ1v) is 7.76. The van der Waals surface area contributed by atoms with Gasteiger partial charge in [-0.25, -0.2) is 0 Å². The first-order chi connectivity index (χ1) is 10.3. The van der Waals surface area contributed by atoms with E-state index >= 15 is 0 Å². The SMILES string of the molecule is NC1=NSNc2cccc(OCC3CCCN(C=O)C3)c21. The smallest absolute Gasteiger partial charge is 0.209 e. The molecule has 1 amide bonds. The van der Waals surface area contributed by atoms with Crippen LogP contribution >= 0.6 is 12.1 Å². The molecule has 6 nitrogen and oxygen atoms in total. The van der Waals surface area contributed by atoms with Crippen LogP contribution < -0.4 is 15.2 Å². The summed E-state index contributed by atoms with van der Waals surface area (Å²) in [5.74, 6) is 1.58. The van der Waals surface area contributed by atoms with Gasteiger partial charge in [-0.3, -0.25) is 4.79 Å². The zero-order valence-corrected chi connectivity index (χ0v) is 12.4. The van der Waals surface area contributed by atoms with Crippen molar-refractivity contribution in [3.8, 4) is 5.75 Å². The number of carbonyl (C=O) groups is 1. The van der Waals surface area contributed by atoms with Crippen molar-refractivity contribution in [2.75, 3.05) is 24.4 Å². The van der Waals surface area contributed by atoms with Gasteiger partial charge in [-0.15, -0.1) is 0 Å². The van der Waals surface area contributed by atoms with Gasteiger partial charge >= 0.3 is 0 Å². The fraction of sp³-hybridized carbons (Fsp3) is 0.429. The van der Waals surface area contributed by atoms with Crippen LogP contribution in [0.3, 0.4) is 0 Å². The van der Waals surface area contributed by atoms with Gasteiger partial charge in [-0.2, -0.15) is 4.40 Å². The molecular weight excluding hydrogens is 288 g/mol. The number of hydrogen-bond acceptors (Lipinski definition) is 6. The fourth-order valence-electron chi connectivity index (χ4n) is 2.70. The van der Waals surface area contributed by atoms with Crippen LogP contribution in [0.25, 0.3) is 0 Å². The number of amidine groups is 1. The minimum absolute atomic E-state index is 0.365. The van der Waals surface area contributed by atoms with Gasteiger partial charge < -0.3 is 20.1 Å². The van der Waals surface area contributed by atoms with Crippen molar-refractivity contribution < 1.29 is 9.53 Å². The predicted octanol–water partition coefficient (Wildman–Crippen LogP) is 1.63. The maximum absolute atomic E-state index is 10.9. The molecule has 1 aromatic rings. The Kier molecular flexibility index (Phi) is 4.19. The second-order valence-electron chi connectivity index (χ2n) is 5.27. The lowest BCUT2D eigenvalue weighted by molar-refractivity contribution is -0.119. The number of amides is 1. The Morgan fingerprint density at radius 1 is 1.57 bits per heavy atom. The van der Waals surface area contributed by atoms with Gasteiger partial charge in [0.05, 0.1) is 30.0 Å². The van der Waals surface area contributed by atoms with Gasteiger partial charge in [0.1, 0.15) is 11.6 Å². The molecule has 112 valence electrons. The Hall–Kier alpha value is -1.89. The maximum Gasteiger partial charge on any atom is 0.209 e. The Morgan fingerprint density at radius 3 is 3.33 bits per heavy atom. The van der Waals surface area contributed by atoms with E-state index in [2.05, 4.69) is 9.12 Å². The Bertz CT molecular complexity index is 564. The Morgan fingerprint density at radius 2 is 2.48 bits per heavy atom. The van der Waals surface area contributed by atoms with E-state index in [9.17, 15) is 4.79 Å². The topological polar surface area (TPSA) is 80.0 Å². The molecule has 0 saturated carbocycles. The number of nitrogens with zero attached hydrogens (tertiary/aromatic N) is 2. The van der Waals surface area contributed by atoms with E-state index in [0.29, 0.717) is 18.4 Å². The normalized spacial score (nSPS) is 21.0. The molecule has 1 saturated heterocycles. The molecule has 1 atom stereocenters. The number of benzene rings is 1. The quantitative estimate of drug-likeness (QED) is 0.653. The summed E-state index contributed by atoms with van der Waals surface area (Å²) in [4.78, 5) is 12.7. The molecule has 21 heavy (non-hydrogen) atoms. The minimum Gasteiger partial charge on any atom is -0.492 e. The van der Waals surface area contributed by atoms with Crippen LogP contribution in [0, 0.1) is 5.92 Å². The number of likely N-dealkylation sites (tertiary alicyclic amines) is 1. The highest BCUT2D eigenvalue weighted by Crippen LogP contribution is 2.32. The molecule has 0 bridgehead atoms. The molecule has 0 spiro atoms. The highest BCUT2D eigenvalue weighted by atomic mass is 32.2. The molecule has 1 fully saturated rings. The largest absolute Gasteiger partial charge is 0.492 e. The number of hydrogen-bond donors (Lipinski definition) is 2. The molecule has 2 aliphatic heterocycles. The average molecular weight is 306 g/mol. The van der Waals surface area contributed by atoms with E-state index < -0.39 is 0 Å². The highest BCUT2D eigenvalue weighted by Gasteiger charge is 2.21. The summed E-state index contributed by atoms with van der Waals surface area (Å²) in [7, 11) is 0. The summed E-state index contributed by atoms with van der Waals surface area (Å²) < 4.78 is 13.2. The zero-order chi connectivity index (χ0) is 14.7. The lowest BCUT2D eigenvalue weighted by atomic mass is 9.99. The molecule has 3 rings (SSSR count). The maximum atomic E-state index is 10.9. The second kappa shape index (κ2) is 6.26. The van der Waals surface area contributed by atoms with Crippen LogP contribution in [-0.4, -0.2) is 36.8 Å². The van der Waals surface area contributed by atoms with E-state index in [1.54, 1.807) is 0 Å². The van der Waals surface area contributed by atoms with Gasteiger partial charge in [0.25, 0.3) is 0 Å². The van der Waals surface area contributed by atoms with Crippen LogP contribution in [0.5, 0.6) is 5.75 Å². The van der Waals surface area contributed by atoms with E-state index in [0.717, 1.165) is 49.3 Å².